The minimum atomic E-state index is 0.0702. The van der Waals surface area contributed by atoms with Gasteiger partial charge in [-0.05, 0) is 61.0 Å². The summed E-state index contributed by atoms with van der Waals surface area (Å²) in [6.45, 7) is 3.52. The van der Waals surface area contributed by atoms with E-state index in [1.54, 1.807) is 0 Å². The smallest absolute Gasteiger partial charge is 0.0827 e. The Labute approximate surface area is 163 Å². The largest absolute Gasteiger partial charge is 0.373 e. The molecule has 2 aromatic carbocycles. The van der Waals surface area contributed by atoms with Gasteiger partial charge >= 0.3 is 0 Å². The van der Waals surface area contributed by atoms with E-state index >= 15 is 0 Å². The number of nitrogens with two attached hydrogens (primary N) is 2. The van der Waals surface area contributed by atoms with Crippen molar-refractivity contribution in [2.75, 3.05) is 13.2 Å². The van der Waals surface area contributed by atoms with Crippen molar-refractivity contribution in [3.63, 3.8) is 0 Å². The quantitative estimate of drug-likeness (QED) is 0.856. The Balaban J connectivity index is 1.55. The molecule has 1 heterocycles. The summed E-state index contributed by atoms with van der Waals surface area (Å²) in [7, 11) is 0. The molecule has 6 unspecified atom stereocenters. The Morgan fingerprint density at radius 2 is 1.70 bits per heavy atom. The van der Waals surface area contributed by atoms with Crippen molar-refractivity contribution in [1.82, 2.24) is 0 Å². The van der Waals surface area contributed by atoms with Gasteiger partial charge in [0.1, 0.15) is 0 Å². The van der Waals surface area contributed by atoms with E-state index < -0.39 is 0 Å². The molecule has 0 amide bonds. The van der Waals surface area contributed by atoms with Crippen LogP contribution in [0.4, 0.5) is 0 Å². The Morgan fingerprint density at radius 1 is 0.963 bits per heavy atom. The summed E-state index contributed by atoms with van der Waals surface area (Å²) in [4.78, 5) is 0. The van der Waals surface area contributed by atoms with Crippen LogP contribution in [0, 0.1) is 24.7 Å². The fraction of sp³-hybridized carbons (Fsp3) is 0.500. The first kappa shape index (κ1) is 18.7. The predicted molar refractivity (Wildman–Crippen MR) is 110 cm³/mol. The summed E-state index contributed by atoms with van der Waals surface area (Å²) in [5, 5.41) is 0. The number of rotatable bonds is 4. The third kappa shape index (κ3) is 3.96. The van der Waals surface area contributed by atoms with Crippen LogP contribution in [-0.4, -0.2) is 19.2 Å². The minimum Gasteiger partial charge on any atom is -0.373 e. The van der Waals surface area contributed by atoms with Crippen LogP contribution in [0.1, 0.15) is 48.0 Å². The van der Waals surface area contributed by atoms with Crippen molar-refractivity contribution in [3.8, 4) is 0 Å². The molecule has 4 rings (SSSR count). The summed E-state index contributed by atoms with van der Waals surface area (Å²) in [6.07, 6.45) is 3.59. The molecule has 3 heteroatoms. The summed E-state index contributed by atoms with van der Waals surface area (Å²) in [5.41, 5.74) is 16.6. The fourth-order valence-electron chi connectivity index (χ4n) is 5.28. The molecule has 1 aliphatic heterocycles. The van der Waals surface area contributed by atoms with E-state index in [2.05, 4.69) is 61.5 Å². The maximum Gasteiger partial charge on any atom is 0.0827 e. The minimum absolute atomic E-state index is 0.0702. The highest BCUT2D eigenvalue weighted by atomic mass is 16.5. The van der Waals surface area contributed by atoms with E-state index in [9.17, 15) is 0 Å². The van der Waals surface area contributed by atoms with Crippen LogP contribution in [0.5, 0.6) is 0 Å². The van der Waals surface area contributed by atoms with Crippen LogP contribution in [0.3, 0.4) is 0 Å². The first-order chi connectivity index (χ1) is 13.2. The molecule has 6 atom stereocenters. The maximum atomic E-state index is 6.53. The number of hydrogen-bond donors (Lipinski definition) is 2. The first-order valence-corrected chi connectivity index (χ1v) is 10.3. The summed E-state index contributed by atoms with van der Waals surface area (Å²) < 4.78 is 6.35. The Kier molecular flexibility index (Phi) is 5.63. The van der Waals surface area contributed by atoms with Crippen molar-refractivity contribution in [1.29, 1.82) is 0 Å². The summed E-state index contributed by atoms with van der Waals surface area (Å²) in [5.74, 6) is 2.21. The van der Waals surface area contributed by atoms with E-state index in [4.69, 9.17) is 16.2 Å². The molecule has 2 aliphatic rings. The Bertz CT molecular complexity index is 730. The monoisotopic (exact) mass is 364 g/mol. The van der Waals surface area contributed by atoms with Gasteiger partial charge in [0, 0.05) is 12.6 Å². The predicted octanol–water partition coefficient (Wildman–Crippen LogP) is 4.17. The molecule has 2 fully saturated rings. The lowest BCUT2D eigenvalue weighted by molar-refractivity contribution is -0.0856. The molecule has 0 spiro atoms. The van der Waals surface area contributed by atoms with E-state index in [-0.39, 0.29) is 12.1 Å². The molecular formula is C24H32N2O. The Morgan fingerprint density at radius 3 is 2.41 bits per heavy atom. The van der Waals surface area contributed by atoms with Gasteiger partial charge in [-0.25, -0.2) is 0 Å². The fourth-order valence-corrected chi connectivity index (χ4v) is 5.28. The van der Waals surface area contributed by atoms with Gasteiger partial charge in [0.15, 0.2) is 0 Å². The van der Waals surface area contributed by atoms with E-state index in [1.807, 2.05) is 0 Å². The zero-order valence-corrected chi connectivity index (χ0v) is 16.3. The standard InChI is InChI=1S/C24H32N2O/c1-16-7-9-18(10-8-16)24-13-21-20(15-27-24)11-19(12-22(21)23(26)14-25)17-5-3-2-4-6-17/h2-10,19-24H,11-15,25-26H2,1H3. The van der Waals surface area contributed by atoms with E-state index in [0.717, 1.165) is 19.4 Å². The van der Waals surface area contributed by atoms with Crippen LogP contribution >= 0.6 is 0 Å². The second-order valence-corrected chi connectivity index (χ2v) is 8.53. The molecule has 4 N–H and O–H groups in total. The third-order valence-corrected chi connectivity index (χ3v) is 6.84. The lowest BCUT2D eigenvalue weighted by Crippen LogP contribution is -2.49. The zero-order chi connectivity index (χ0) is 18.8. The lowest BCUT2D eigenvalue weighted by atomic mass is 9.61. The molecule has 1 saturated heterocycles. The molecule has 3 nitrogen and oxygen atoms in total. The van der Waals surface area contributed by atoms with Crippen LogP contribution < -0.4 is 11.5 Å². The normalized spacial score (nSPS) is 31.9. The van der Waals surface area contributed by atoms with Gasteiger partial charge in [0.05, 0.1) is 12.7 Å². The average molecular weight is 365 g/mol. The van der Waals surface area contributed by atoms with Gasteiger partial charge < -0.3 is 16.2 Å². The highest BCUT2D eigenvalue weighted by molar-refractivity contribution is 5.25. The molecule has 1 saturated carbocycles. The first-order valence-electron chi connectivity index (χ1n) is 10.3. The third-order valence-electron chi connectivity index (χ3n) is 6.84. The molecule has 144 valence electrons. The zero-order valence-electron chi connectivity index (χ0n) is 16.3. The number of aryl methyl sites for hydroxylation is 1. The van der Waals surface area contributed by atoms with Gasteiger partial charge in [-0.2, -0.15) is 0 Å². The summed E-state index contributed by atoms with van der Waals surface area (Å²) in [6, 6.07) is 19.8. The van der Waals surface area contributed by atoms with Crippen LogP contribution in [0.25, 0.3) is 0 Å². The van der Waals surface area contributed by atoms with Crippen molar-refractivity contribution in [2.24, 2.45) is 29.2 Å². The van der Waals surface area contributed by atoms with E-state index in [1.165, 1.54) is 23.1 Å². The average Bonchev–Trinajstić information content (AvgIpc) is 2.73. The molecule has 2 aromatic rings. The molecule has 0 bridgehead atoms. The molecule has 0 radical (unpaired) electrons. The van der Waals surface area contributed by atoms with Crippen LogP contribution in [0.15, 0.2) is 54.6 Å². The van der Waals surface area contributed by atoms with Crippen molar-refractivity contribution >= 4 is 0 Å². The van der Waals surface area contributed by atoms with Crippen molar-refractivity contribution < 1.29 is 4.74 Å². The van der Waals surface area contributed by atoms with Crippen LogP contribution in [0.2, 0.25) is 0 Å². The lowest BCUT2D eigenvalue weighted by Gasteiger charge is -2.48. The molecule has 27 heavy (non-hydrogen) atoms. The number of hydrogen-bond acceptors (Lipinski definition) is 3. The second-order valence-electron chi connectivity index (χ2n) is 8.53. The Hall–Kier alpha value is -1.68. The SMILES string of the molecule is Cc1ccc(C2CC3C(CO2)CC(c2ccccc2)CC3C(N)CN)cc1. The topological polar surface area (TPSA) is 61.3 Å². The van der Waals surface area contributed by atoms with Crippen molar-refractivity contribution in [3.05, 3.63) is 71.3 Å². The highest BCUT2D eigenvalue weighted by Crippen LogP contribution is 2.50. The summed E-state index contributed by atoms with van der Waals surface area (Å²) >= 11 is 0. The second kappa shape index (κ2) is 8.14. The van der Waals surface area contributed by atoms with E-state index in [0.29, 0.717) is 30.2 Å². The highest BCUT2D eigenvalue weighted by Gasteiger charge is 2.44. The van der Waals surface area contributed by atoms with Crippen LogP contribution in [-0.2, 0) is 4.74 Å². The molecule has 1 aliphatic carbocycles. The molecule has 0 aromatic heterocycles. The number of benzene rings is 2. The van der Waals surface area contributed by atoms with Gasteiger partial charge in [0.2, 0.25) is 0 Å². The number of ether oxygens (including phenoxy) is 1. The van der Waals surface area contributed by atoms with Gasteiger partial charge in [-0.1, -0.05) is 60.2 Å². The van der Waals surface area contributed by atoms with Gasteiger partial charge in [-0.15, -0.1) is 0 Å². The van der Waals surface area contributed by atoms with Gasteiger partial charge in [0.25, 0.3) is 0 Å². The number of fused-ring (bicyclic) bond motifs is 1. The van der Waals surface area contributed by atoms with Crippen molar-refractivity contribution in [2.45, 2.75) is 44.2 Å². The maximum absolute atomic E-state index is 6.53. The molecular weight excluding hydrogens is 332 g/mol. The van der Waals surface area contributed by atoms with Gasteiger partial charge in [-0.3, -0.25) is 0 Å².